The van der Waals surface area contributed by atoms with E-state index >= 15 is 0 Å². The number of ether oxygens (including phenoxy) is 2. The van der Waals surface area contributed by atoms with Crippen LogP contribution in [0.5, 0.6) is 0 Å². The van der Waals surface area contributed by atoms with E-state index in [0.717, 1.165) is 51.4 Å². The summed E-state index contributed by atoms with van der Waals surface area (Å²) >= 11 is 0. The minimum atomic E-state index is -5.08. The van der Waals surface area contributed by atoms with Crippen LogP contribution in [0.3, 0.4) is 0 Å². The average molecular weight is 1030 g/mol. The summed E-state index contributed by atoms with van der Waals surface area (Å²) in [6.07, 6.45) is 52.4. The third-order valence-electron chi connectivity index (χ3n) is 13.9. The maximum Gasteiger partial charge on any atom is 0.397 e. The number of rotatable bonds is 51. The van der Waals surface area contributed by atoms with E-state index in [0.29, 0.717) is 6.42 Å². The van der Waals surface area contributed by atoms with Crippen molar-refractivity contribution in [1.29, 1.82) is 0 Å². The van der Waals surface area contributed by atoms with Gasteiger partial charge < -0.3 is 35.2 Å². The zero-order valence-electron chi connectivity index (χ0n) is 45.3. The Balaban J connectivity index is 2.15. The topological polar surface area (TPSA) is 192 Å². The maximum absolute atomic E-state index is 13.1. The van der Waals surface area contributed by atoms with Crippen LogP contribution in [0.1, 0.15) is 271 Å². The molecule has 13 heteroatoms. The van der Waals surface area contributed by atoms with Crippen LogP contribution in [0.25, 0.3) is 0 Å². The van der Waals surface area contributed by atoms with E-state index in [2.05, 4.69) is 47.7 Å². The SMILES string of the molecule is CCCCCCCCC/C=C/C(O)C(COC1OC(CO)C(O)C(OS(=O)(=O)O)C1O)NC(=O)CCCCCCCCCCCCCCCCCCC/C=C\C/C=C\CCCCCCCCCCCCC. The molecule has 1 heterocycles. The van der Waals surface area contributed by atoms with Gasteiger partial charge in [-0.25, -0.2) is 4.18 Å². The Bertz CT molecular complexity index is 1390. The molecule has 1 fully saturated rings. The molecule has 7 unspecified atom stereocenters. The summed E-state index contributed by atoms with van der Waals surface area (Å²) in [5.41, 5.74) is 0. The van der Waals surface area contributed by atoms with Gasteiger partial charge >= 0.3 is 10.4 Å². The summed E-state index contributed by atoms with van der Waals surface area (Å²) in [5, 5.41) is 44.7. The first-order valence-corrected chi connectivity index (χ1v) is 30.7. The fraction of sp³-hybridized carbons (Fsp3) is 0.879. The van der Waals surface area contributed by atoms with Crippen LogP contribution >= 0.6 is 0 Å². The van der Waals surface area contributed by atoms with E-state index in [-0.39, 0.29) is 18.9 Å². The summed E-state index contributed by atoms with van der Waals surface area (Å²) in [6.45, 7) is 3.37. The summed E-state index contributed by atoms with van der Waals surface area (Å²) in [6, 6.07) is -0.941. The largest absolute Gasteiger partial charge is 0.397 e. The molecule has 0 radical (unpaired) electrons. The summed E-state index contributed by atoms with van der Waals surface area (Å²) in [7, 11) is -5.08. The lowest BCUT2D eigenvalue weighted by Gasteiger charge is -2.41. The van der Waals surface area contributed by atoms with Crippen molar-refractivity contribution in [2.24, 2.45) is 0 Å². The Morgan fingerprint density at radius 2 is 0.944 bits per heavy atom. The molecule has 12 nitrogen and oxygen atoms in total. The lowest BCUT2D eigenvalue weighted by atomic mass is 9.99. The fourth-order valence-electron chi connectivity index (χ4n) is 9.37. The molecule has 0 aromatic heterocycles. The number of carbonyl (C=O) groups excluding carboxylic acids is 1. The van der Waals surface area contributed by atoms with Crippen LogP contribution in [0.4, 0.5) is 0 Å². The molecule has 1 amide bonds. The van der Waals surface area contributed by atoms with Crippen LogP contribution in [0.15, 0.2) is 36.5 Å². The smallest absolute Gasteiger partial charge is 0.394 e. The van der Waals surface area contributed by atoms with Crippen LogP contribution in [-0.4, -0.2) is 95.4 Å². The van der Waals surface area contributed by atoms with Gasteiger partial charge in [-0.3, -0.25) is 9.35 Å². The molecule has 0 aliphatic carbocycles. The van der Waals surface area contributed by atoms with E-state index < -0.39 is 59.9 Å². The minimum absolute atomic E-state index is 0.263. The molecule has 418 valence electrons. The molecule has 0 aromatic carbocycles. The lowest BCUT2D eigenvalue weighted by Crippen LogP contribution is -2.61. The number of amides is 1. The molecule has 1 aliphatic heterocycles. The number of allylic oxidation sites excluding steroid dienone is 5. The number of unbranched alkanes of at least 4 members (excludes halogenated alkanes) is 35. The van der Waals surface area contributed by atoms with Gasteiger partial charge in [0, 0.05) is 6.42 Å². The van der Waals surface area contributed by atoms with Gasteiger partial charge in [0.2, 0.25) is 5.91 Å². The quantitative estimate of drug-likeness (QED) is 0.0193. The fourth-order valence-corrected chi connectivity index (χ4v) is 9.88. The highest BCUT2D eigenvalue weighted by Crippen LogP contribution is 2.26. The molecule has 0 saturated carbocycles. The van der Waals surface area contributed by atoms with Gasteiger partial charge in [0.1, 0.15) is 24.4 Å². The molecule has 0 spiro atoms. The minimum Gasteiger partial charge on any atom is -0.394 e. The Kier molecular flexibility index (Phi) is 45.5. The second-order valence-corrected chi connectivity index (χ2v) is 21.6. The zero-order chi connectivity index (χ0) is 51.9. The van der Waals surface area contributed by atoms with Gasteiger partial charge in [-0.05, 0) is 51.4 Å². The number of hydrogen-bond acceptors (Lipinski definition) is 10. The molecule has 1 aliphatic rings. The van der Waals surface area contributed by atoms with Crippen molar-refractivity contribution in [1.82, 2.24) is 5.32 Å². The Hall–Kier alpha value is -1.68. The average Bonchev–Trinajstić information content (AvgIpc) is 3.34. The Morgan fingerprint density at radius 1 is 0.563 bits per heavy atom. The van der Waals surface area contributed by atoms with Gasteiger partial charge in [-0.2, -0.15) is 8.42 Å². The summed E-state index contributed by atoms with van der Waals surface area (Å²) in [5.74, 6) is -0.263. The van der Waals surface area contributed by atoms with Crippen LogP contribution in [0.2, 0.25) is 0 Å². The molecule has 0 bridgehead atoms. The van der Waals surface area contributed by atoms with E-state index in [9.17, 15) is 38.2 Å². The predicted molar refractivity (Wildman–Crippen MR) is 292 cm³/mol. The molecule has 6 N–H and O–H groups in total. The number of aliphatic hydroxyl groups excluding tert-OH is 4. The van der Waals surface area contributed by atoms with Gasteiger partial charge in [0.15, 0.2) is 6.29 Å². The standard InChI is InChI=1S/C58H109NO11S/c1-3-5-7-9-11-13-14-15-16-17-18-19-20-21-22-23-24-25-26-27-28-29-30-31-32-33-34-35-36-37-38-40-42-44-46-48-54(62)59-51(52(61)47-45-43-41-39-12-10-8-6-4-2)50-68-58-56(64)57(70-71(65,66)67)55(63)53(49-60)69-58/h20-21,23-24,45,47,51-53,55-58,60-61,63-64H,3-19,22,25-44,46,48-50H2,1-2H3,(H,59,62)(H,65,66,67)/b21-20-,24-23-,47-45+. The second-order valence-electron chi connectivity index (χ2n) is 20.6. The molecular weight excluding hydrogens is 919 g/mol. The number of carbonyl (C=O) groups is 1. The highest BCUT2D eigenvalue weighted by Gasteiger charge is 2.48. The van der Waals surface area contributed by atoms with E-state index in [1.54, 1.807) is 6.08 Å². The van der Waals surface area contributed by atoms with Crippen molar-refractivity contribution < 1.29 is 51.8 Å². The highest BCUT2D eigenvalue weighted by molar-refractivity contribution is 7.80. The maximum atomic E-state index is 13.1. The molecule has 1 rings (SSSR count). The van der Waals surface area contributed by atoms with Crippen molar-refractivity contribution in [3.63, 3.8) is 0 Å². The Labute approximate surface area is 435 Å². The molecular formula is C58H109NO11S. The first-order chi connectivity index (χ1) is 34.5. The number of nitrogens with one attached hydrogen (secondary N) is 1. The van der Waals surface area contributed by atoms with Gasteiger partial charge in [0.05, 0.1) is 25.4 Å². The normalized spacial score (nSPS) is 19.7. The summed E-state index contributed by atoms with van der Waals surface area (Å²) in [4.78, 5) is 13.1. The zero-order valence-corrected chi connectivity index (χ0v) is 46.1. The van der Waals surface area contributed by atoms with Crippen LogP contribution in [-0.2, 0) is 28.9 Å². The van der Waals surface area contributed by atoms with Crippen molar-refractivity contribution >= 4 is 16.3 Å². The van der Waals surface area contributed by atoms with E-state index in [4.69, 9.17) is 9.47 Å². The van der Waals surface area contributed by atoms with E-state index in [1.807, 2.05) is 6.08 Å². The van der Waals surface area contributed by atoms with Crippen LogP contribution in [0, 0.1) is 0 Å². The van der Waals surface area contributed by atoms with Crippen molar-refractivity contribution in [3.8, 4) is 0 Å². The Morgan fingerprint density at radius 3 is 1.34 bits per heavy atom. The number of hydrogen-bond donors (Lipinski definition) is 6. The monoisotopic (exact) mass is 1030 g/mol. The predicted octanol–water partition coefficient (Wildman–Crippen LogP) is 13.8. The molecule has 0 aromatic rings. The van der Waals surface area contributed by atoms with Crippen LogP contribution < -0.4 is 5.32 Å². The molecule has 7 atom stereocenters. The summed E-state index contributed by atoms with van der Waals surface area (Å²) < 4.78 is 47.6. The van der Waals surface area contributed by atoms with Crippen molar-refractivity contribution in [2.45, 2.75) is 314 Å². The number of aliphatic hydroxyl groups is 4. The molecule has 1 saturated heterocycles. The first-order valence-electron chi connectivity index (χ1n) is 29.4. The van der Waals surface area contributed by atoms with E-state index in [1.165, 1.54) is 193 Å². The third-order valence-corrected chi connectivity index (χ3v) is 14.4. The first kappa shape index (κ1) is 67.3. The molecule has 71 heavy (non-hydrogen) atoms. The van der Waals surface area contributed by atoms with Crippen molar-refractivity contribution in [2.75, 3.05) is 13.2 Å². The lowest BCUT2D eigenvalue weighted by molar-refractivity contribution is -0.298. The van der Waals surface area contributed by atoms with Gasteiger partial charge in [-0.15, -0.1) is 0 Å². The van der Waals surface area contributed by atoms with Gasteiger partial charge in [0.25, 0.3) is 0 Å². The third kappa shape index (κ3) is 40.3. The second kappa shape index (κ2) is 48.0. The highest BCUT2D eigenvalue weighted by atomic mass is 32.3. The van der Waals surface area contributed by atoms with Crippen molar-refractivity contribution in [3.05, 3.63) is 36.5 Å². The van der Waals surface area contributed by atoms with Gasteiger partial charge in [-0.1, -0.05) is 249 Å².